The number of halogens is 1. The molecule has 1 amide bonds. The molecule has 0 radical (unpaired) electrons. The Hall–Kier alpha value is -1.89. The van der Waals surface area contributed by atoms with E-state index >= 15 is 0 Å². The van der Waals surface area contributed by atoms with E-state index in [2.05, 4.69) is 10.4 Å². The number of hydrogen-bond acceptors (Lipinski definition) is 4. The molecular formula is C17H25ClN4O2. The fraction of sp³-hybridized carbons (Fsp3) is 0.412. The summed E-state index contributed by atoms with van der Waals surface area (Å²) in [5.41, 5.74) is 9.55. The van der Waals surface area contributed by atoms with Gasteiger partial charge in [0.1, 0.15) is 0 Å². The van der Waals surface area contributed by atoms with Crippen molar-refractivity contribution in [3.05, 3.63) is 47.3 Å². The molecule has 0 spiro atoms. The molecule has 2 rings (SSSR count). The highest BCUT2D eigenvalue weighted by atomic mass is 35.5. The first-order valence-corrected chi connectivity index (χ1v) is 7.66. The highest BCUT2D eigenvalue weighted by Crippen LogP contribution is 2.17. The lowest BCUT2D eigenvalue weighted by Crippen LogP contribution is -2.32. The summed E-state index contributed by atoms with van der Waals surface area (Å²) >= 11 is 0. The largest absolute Gasteiger partial charge is 0.380 e. The minimum absolute atomic E-state index is 0. The topological polar surface area (TPSA) is 82.2 Å². The lowest BCUT2D eigenvalue weighted by Gasteiger charge is -2.14. The summed E-state index contributed by atoms with van der Waals surface area (Å²) in [6, 6.07) is 9.93. The number of carbonyl (C=O) groups excluding carboxylic acids is 1. The number of nitrogens with one attached hydrogen (secondary N) is 1. The average Bonchev–Trinajstić information content (AvgIpc) is 2.89. The normalized spacial score (nSPS) is 11.7. The Balaban J connectivity index is 0.00000288. The van der Waals surface area contributed by atoms with Crippen molar-refractivity contribution in [1.82, 2.24) is 15.1 Å². The van der Waals surface area contributed by atoms with Crippen LogP contribution in [0.4, 0.5) is 0 Å². The van der Waals surface area contributed by atoms with Gasteiger partial charge in [-0.1, -0.05) is 18.2 Å². The van der Waals surface area contributed by atoms with Crippen LogP contribution < -0.4 is 11.1 Å². The Morgan fingerprint density at radius 1 is 1.38 bits per heavy atom. The third-order valence-corrected chi connectivity index (χ3v) is 3.71. The zero-order valence-electron chi connectivity index (χ0n) is 14.3. The third kappa shape index (κ3) is 5.06. The fourth-order valence-corrected chi connectivity index (χ4v) is 2.48. The number of carbonyl (C=O) groups is 1. The number of ether oxygens (including phenoxy) is 1. The molecule has 24 heavy (non-hydrogen) atoms. The number of aryl methyl sites for hydroxylation is 2. The molecule has 1 aromatic heterocycles. The number of rotatable bonds is 7. The van der Waals surface area contributed by atoms with Crippen molar-refractivity contribution >= 4 is 18.3 Å². The van der Waals surface area contributed by atoms with Gasteiger partial charge in [-0.25, -0.2) is 4.68 Å². The predicted molar refractivity (Wildman–Crippen MR) is 96.6 cm³/mol. The summed E-state index contributed by atoms with van der Waals surface area (Å²) in [6.07, 6.45) is 0.0102. The molecule has 1 atom stereocenters. The molecule has 132 valence electrons. The van der Waals surface area contributed by atoms with Crippen molar-refractivity contribution in [1.29, 1.82) is 0 Å². The zero-order valence-corrected chi connectivity index (χ0v) is 15.1. The maximum Gasteiger partial charge on any atom is 0.222 e. The number of amides is 1. The molecule has 3 N–H and O–H groups in total. The smallest absolute Gasteiger partial charge is 0.222 e. The van der Waals surface area contributed by atoms with Gasteiger partial charge in [0.15, 0.2) is 0 Å². The molecule has 1 aromatic carbocycles. The van der Waals surface area contributed by atoms with Crippen LogP contribution in [-0.2, 0) is 16.1 Å². The second-order valence-corrected chi connectivity index (χ2v) is 5.54. The SMILES string of the molecule is COC(CN)CC(=O)NCc1ccccc1-n1nc(C)cc1C.Cl. The zero-order chi connectivity index (χ0) is 16.8. The minimum atomic E-state index is -0.249. The molecule has 0 aliphatic rings. The van der Waals surface area contributed by atoms with Crippen LogP contribution in [0.1, 0.15) is 23.4 Å². The number of hydrogen-bond donors (Lipinski definition) is 2. The Morgan fingerprint density at radius 3 is 2.67 bits per heavy atom. The third-order valence-electron chi connectivity index (χ3n) is 3.71. The molecule has 7 heteroatoms. The first-order chi connectivity index (χ1) is 11.0. The number of aromatic nitrogens is 2. The van der Waals surface area contributed by atoms with E-state index in [1.807, 2.05) is 48.9 Å². The maximum atomic E-state index is 12.0. The van der Waals surface area contributed by atoms with Crippen molar-refractivity contribution < 1.29 is 9.53 Å². The molecule has 0 aliphatic heterocycles. The summed E-state index contributed by atoms with van der Waals surface area (Å²) in [6.45, 7) is 4.74. The Bertz CT molecular complexity index is 668. The van der Waals surface area contributed by atoms with E-state index in [1.54, 1.807) is 7.11 Å². The lowest BCUT2D eigenvalue weighted by molar-refractivity contribution is -0.123. The number of para-hydroxylation sites is 1. The van der Waals surface area contributed by atoms with Crippen molar-refractivity contribution in [2.24, 2.45) is 5.73 Å². The second-order valence-electron chi connectivity index (χ2n) is 5.54. The summed E-state index contributed by atoms with van der Waals surface area (Å²) in [7, 11) is 1.56. The van der Waals surface area contributed by atoms with Gasteiger partial charge in [-0.05, 0) is 31.5 Å². The van der Waals surface area contributed by atoms with Crippen LogP contribution in [0, 0.1) is 13.8 Å². The summed E-state index contributed by atoms with van der Waals surface area (Å²) in [5.74, 6) is -0.0783. The maximum absolute atomic E-state index is 12.0. The summed E-state index contributed by atoms with van der Waals surface area (Å²) in [4.78, 5) is 12.0. The van der Waals surface area contributed by atoms with Crippen LogP contribution in [0.25, 0.3) is 5.69 Å². The average molecular weight is 353 g/mol. The van der Waals surface area contributed by atoms with Crippen LogP contribution in [0.2, 0.25) is 0 Å². The number of benzene rings is 1. The molecule has 2 aromatic rings. The Labute approximate surface area is 148 Å². The van der Waals surface area contributed by atoms with E-state index in [4.69, 9.17) is 10.5 Å². The lowest BCUT2D eigenvalue weighted by atomic mass is 10.1. The van der Waals surface area contributed by atoms with E-state index in [1.165, 1.54) is 0 Å². The van der Waals surface area contributed by atoms with Gasteiger partial charge in [0.2, 0.25) is 5.91 Å². The molecule has 0 saturated carbocycles. The molecule has 0 aliphatic carbocycles. The van der Waals surface area contributed by atoms with Gasteiger partial charge in [0, 0.05) is 25.9 Å². The van der Waals surface area contributed by atoms with Gasteiger partial charge >= 0.3 is 0 Å². The second kappa shape index (κ2) is 9.42. The Morgan fingerprint density at radius 2 is 2.08 bits per heavy atom. The van der Waals surface area contributed by atoms with Crippen LogP contribution in [-0.4, -0.2) is 35.4 Å². The van der Waals surface area contributed by atoms with Crippen molar-refractivity contribution in [3.8, 4) is 5.69 Å². The monoisotopic (exact) mass is 352 g/mol. The first kappa shape index (κ1) is 20.2. The molecular weight excluding hydrogens is 328 g/mol. The highest BCUT2D eigenvalue weighted by molar-refractivity contribution is 5.85. The van der Waals surface area contributed by atoms with Crippen molar-refractivity contribution in [3.63, 3.8) is 0 Å². The van der Waals surface area contributed by atoms with Crippen LogP contribution in [0.5, 0.6) is 0 Å². The minimum Gasteiger partial charge on any atom is -0.380 e. The van der Waals surface area contributed by atoms with E-state index in [9.17, 15) is 4.79 Å². The van der Waals surface area contributed by atoms with Gasteiger partial charge in [0.05, 0.1) is 23.9 Å². The number of methoxy groups -OCH3 is 1. The number of nitrogens with two attached hydrogens (primary N) is 1. The highest BCUT2D eigenvalue weighted by Gasteiger charge is 2.13. The Kier molecular flexibility index (Phi) is 7.91. The molecule has 0 bridgehead atoms. The molecule has 0 saturated heterocycles. The van der Waals surface area contributed by atoms with Gasteiger partial charge in [0.25, 0.3) is 0 Å². The van der Waals surface area contributed by atoms with Crippen LogP contribution >= 0.6 is 12.4 Å². The first-order valence-electron chi connectivity index (χ1n) is 7.66. The van der Waals surface area contributed by atoms with Crippen molar-refractivity contribution in [2.45, 2.75) is 32.9 Å². The quantitative estimate of drug-likeness (QED) is 0.797. The van der Waals surface area contributed by atoms with E-state index < -0.39 is 0 Å². The number of nitrogens with zero attached hydrogens (tertiary/aromatic N) is 2. The van der Waals surface area contributed by atoms with E-state index in [-0.39, 0.29) is 30.8 Å². The predicted octanol–water partition coefficient (Wildman–Crippen LogP) is 1.89. The van der Waals surface area contributed by atoms with Crippen LogP contribution in [0.15, 0.2) is 30.3 Å². The van der Waals surface area contributed by atoms with Gasteiger partial charge in [-0.15, -0.1) is 12.4 Å². The van der Waals surface area contributed by atoms with E-state index in [0.717, 1.165) is 22.6 Å². The van der Waals surface area contributed by atoms with Gasteiger partial charge in [-0.2, -0.15) is 5.10 Å². The van der Waals surface area contributed by atoms with Crippen LogP contribution in [0.3, 0.4) is 0 Å². The van der Waals surface area contributed by atoms with Gasteiger partial charge in [-0.3, -0.25) is 4.79 Å². The molecule has 0 fully saturated rings. The molecule has 1 heterocycles. The standard InChI is InChI=1S/C17H24N4O2.ClH/c1-12-8-13(2)21(20-12)16-7-5-4-6-14(16)11-19-17(22)9-15(10-18)23-3;/h4-8,15H,9-11,18H2,1-3H3,(H,19,22);1H. The van der Waals surface area contributed by atoms with Gasteiger partial charge < -0.3 is 15.8 Å². The molecule has 1 unspecified atom stereocenters. The van der Waals surface area contributed by atoms with Crippen molar-refractivity contribution in [2.75, 3.05) is 13.7 Å². The molecule has 6 nitrogen and oxygen atoms in total. The summed E-state index contributed by atoms with van der Waals surface area (Å²) in [5, 5.41) is 7.43. The van der Waals surface area contributed by atoms with E-state index in [0.29, 0.717) is 13.1 Å². The summed E-state index contributed by atoms with van der Waals surface area (Å²) < 4.78 is 7.03. The fourth-order valence-electron chi connectivity index (χ4n) is 2.48.